The van der Waals surface area contributed by atoms with E-state index in [2.05, 4.69) is 5.32 Å². The van der Waals surface area contributed by atoms with Gasteiger partial charge in [0.05, 0.1) is 6.10 Å². The Morgan fingerprint density at radius 2 is 1.86 bits per heavy atom. The number of nitrogens with one attached hydrogen (secondary N) is 1. The summed E-state index contributed by atoms with van der Waals surface area (Å²) < 4.78 is 12.6. The average molecular weight is 197 g/mol. The summed E-state index contributed by atoms with van der Waals surface area (Å²) in [5.74, 6) is -0.225. The SMILES string of the molecule is C[C@H](O)CN[C@H](C)c1ccc(F)cc1. The molecule has 0 amide bonds. The molecule has 3 heteroatoms. The summed E-state index contributed by atoms with van der Waals surface area (Å²) >= 11 is 0. The molecule has 1 aromatic rings. The molecule has 1 rings (SSSR count). The molecule has 0 saturated heterocycles. The quantitative estimate of drug-likeness (QED) is 0.772. The Labute approximate surface area is 83.8 Å². The Morgan fingerprint density at radius 3 is 2.36 bits per heavy atom. The molecule has 0 spiro atoms. The van der Waals surface area contributed by atoms with E-state index in [9.17, 15) is 4.39 Å². The zero-order valence-corrected chi connectivity index (χ0v) is 8.50. The fourth-order valence-electron chi connectivity index (χ4n) is 1.22. The molecule has 0 fully saturated rings. The first kappa shape index (κ1) is 11.1. The van der Waals surface area contributed by atoms with Crippen molar-refractivity contribution < 1.29 is 9.50 Å². The van der Waals surface area contributed by atoms with Crippen molar-refractivity contribution in [3.8, 4) is 0 Å². The third kappa shape index (κ3) is 3.44. The molecule has 2 nitrogen and oxygen atoms in total. The van der Waals surface area contributed by atoms with Gasteiger partial charge in [-0.25, -0.2) is 4.39 Å². The van der Waals surface area contributed by atoms with Gasteiger partial charge in [-0.3, -0.25) is 0 Å². The molecule has 78 valence electrons. The van der Waals surface area contributed by atoms with Crippen molar-refractivity contribution in [2.75, 3.05) is 6.54 Å². The van der Waals surface area contributed by atoms with Crippen LogP contribution in [0.3, 0.4) is 0 Å². The van der Waals surface area contributed by atoms with E-state index in [0.29, 0.717) is 6.54 Å². The molecule has 2 N–H and O–H groups in total. The van der Waals surface area contributed by atoms with E-state index in [1.54, 1.807) is 19.1 Å². The summed E-state index contributed by atoms with van der Waals surface area (Å²) in [4.78, 5) is 0. The first-order valence-electron chi connectivity index (χ1n) is 4.76. The average Bonchev–Trinajstić information content (AvgIpc) is 2.15. The van der Waals surface area contributed by atoms with Crippen molar-refractivity contribution >= 4 is 0 Å². The number of benzene rings is 1. The fourth-order valence-corrected chi connectivity index (χ4v) is 1.22. The van der Waals surface area contributed by atoms with Crippen molar-refractivity contribution in [3.05, 3.63) is 35.6 Å². The largest absolute Gasteiger partial charge is 0.392 e. The highest BCUT2D eigenvalue weighted by Crippen LogP contribution is 2.12. The van der Waals surface area contributed by atoms with Gasteiger partial charge in [-0.05, 0) is 31.5 Å². The van der Waals surface area contributed by atoms with Crippen molar-refractivity contribution in [2.45, 2.75) is 26.0 Å². The molecule has 0 aliphatic rings. The molecule has 0 bridgehead atoms. The zero-order valence-electron chi connectivity index (χ0n) is 8.50. The number of hydrogen-bond donors (Lipinski definition) is 2. The lowest BCUT2D eigenvalue weighted by Crippen LogP contribution is -2.27. The maximum absolute atomic E-state index is 12.6. The van der Waals surface area contributed by atoms with Crippen LogP contribution >= 0.6 is 0 Å². The van der Waals surface area contributed by atoms with Gasteiger partial charge < -0.3 is 10.4 Å². The lowest BCUT2D eigenvalue weighted by molar-refractivity contribution is 0.187. The second-order valence-electron chi connectivity index (χ2n) is 3.53. The van der Waals surface area contributed by atoms with Gasteiger partial charge in [0.15, 0.2) is 0 Å². The second-order valence-corrected chi connectivity index (χ2v) is 3.53. The summed E-state index contributed by atoms with van der Waals surface area (Å²) in [6, 6.07) is 6.50. The van der Waals surface area contributed by atoms with Crippen LogP contribution in [0.4, 0.5) is 4.39 Å². The van der Waals surface area contributed by atoms with Crippen molar-refractivity contribution in [1.82, 2.24) is 5.32 Å². The van der Waals surface area contributed by atoms with E-state index in [4.69, 9.17) is 5.11 Å². The van der Waals surface area contributed by atoms with Crippen LogP contribution in [0, 0.1) is 5.82 Å². The second kappa shape index (κ2) is 5.08. The van der Waals surface area contributed by atoms with Gasteiger partial charge in [-0.1, -0.05) is 12.1 Å². The maximum atomic E-state index is 12.6. The van der Waals surface area contributed by atoms with Crippen molar-refractivity contribution in [3.63, 3.8) is 0 Å². The molecule has 0 unspecified atom stereocenters. The molecule has 14 heavy (non-hydrogen) atoms. The van der Waals surface area contributed by atoms with Crippen LogP contribution in [0.15, 0.2) is 24.3 Å². The predicted octanol–water partition coefficient (Wildman–Crippen LogP) is 1.86. The predicted molar refractivity (Wildman–Crippen MR) is 54.5 cm³/mol. The molecule has 0 aromatic heterocycles. The minimum absolute atomic E-state index is 0.130. The molecule has 0 aliphatic carbocycles. The molecule has 0 radical (unpaired) electrons. The highest BCUT2D eigenvalue weighted by atomic mass is 19.1. The minimum Gasteiger partial charge on any atom is -0.392 e. The minimum atomic E-state index is -0.363. The van der Waals surface area contributed by atoms with Gasteiger partial charge in [-0.2, -0.15) is 0 Å². The van der Waals surface area contributed by atoms with Crippen LogP contribution in [-0.2, 0) is 0 Å². The van der Waals surface area contributed by atoms with Crippen LogP contribution in [0.2, 0.25) is 0 Å². The van der Waals surface area contributed by atoms with Crippen molar-refractivity contribution in [1.29, 1.82) is 0 Å². The maximum Gasteiger partial charge on any atom is 0.123 e. The van der Waals surface area contributed by atoms with Gasteiger partial charge in [0.1, 0.15) is 5.82 Å². The number of hydrogen-bond acceptors (Lipinski definition) is 2. The first-order chi connectivity index (χ1) is 6.59. The van der Waals surface area contributed by atoms with E-state index in [0.717, 1.165) is 5.56 Å². The van der Waals surface area contributed by atoms with Gasteiger partial charge >= 0.3 is 0 Å². The standard InChI is InChI=1S/C11H16FNO/c1-8(14)7-13-9(2)10-3-5-11(12)6-4-10/h3-6,8-9,13-14H,7H2,1-2H3/t8-,9+/m0/s1. The molecule has 1 aromatic carbocycles. The molecular formula is C11H16FNO. The highest BCUT2D eigenvalue weighted by molar-refractivity contribution is 5.19. The van der Waals surface area contributed by atoms with E-state index >= 15 is 0 Å². The monoisotopic (exact) mass is 197 g/mol. The fraction of sp³-hybridized carbons (Fsp3) is 0.455. The third-order valence-corrected chi connectivity index (χ3v) is 2.09. The first-order valence-corrected chi connectivity index (χ1v) is 4.76. The Kier molecular flexibility index (Phi) is 4.04. The smallest absolute Gasteiger partial charge is 0.123 e. The third-order valence-electron chi connectivity index (χ3n) is 2.09. The van der Waals surface area contributed by atoms with E-state index in [-0.39, 0.29) is 18.0 Å². The normalized spacial score (nSPS) is 15.1. The number of rotatable bonds is 4. The summed E-state index contributed by atoms with van der Waals surface area (Å²) in [6.45, 7) is 4.25. The Hall–Kier alpha value is -0.930. The highest BCUT2D eigenvalue weighted by Gasteiger charge is 2.05. The molecule has 0 heterocycles. The Bertz CT molecular complexity index is 271. The van der Waals surface area contributed by atoms with Crippen LogP contribution in [0.5, 0.6) is 0 Å². The van der Waals surface area contributed by atoms with Crippen molar-refractivity contribution in [2.24, 2.45) is 0 Å². The lowest BCUT2D eigenvalue weighted by Gasteiger charge is -2.15. The van der Waals surface area contributed by atoms with Gasteiger partial charge in [0.2, 0.25) is 0 Å². The van der Waals surface area contributed by atoms with Gasteiger partial charge in [0, 0.05) is 12.6 Å². The molecule has 0 saturated carbocycles. The number of aliphatic hydroxyl groups is 1. The zero-order chi connectivity index (χ0) is 10.6. The summed E-state index contributed by atoms with van der Waals surface area (Å²) in [5.41, 5.74) is 1.02. The van der Waals surface area contributed by atoms with Crippen LogP contribution in [0.1, 0.15) is 25.5 Å². The van der Waals surface area contributed by atoms with E-state index < -0.39 is 0 Å². The summed E-state index contributed by atoms with van der Waals surface area (Å²) in [5, 5.41) is 12.2. The van der Waals surface area contributed by atoms with E-state index in [1.165, 1.54) is 12.1 Å². The van der Waals surface area contributed by atoms with Gasteiger partial charge in [-0.15, -0.1) is 0 Å². The molecular weight excluding hydrogens is 181 g/mol. The number of halogens is 1. The molecule has 2 atom stereocenters. The lowest BCUT2D eigenvalue weighted by atomic mass is 10.1. The summed E-state index contributed by atoms with van der Waals surface area (Å²) in [7, 11) is 0. The van der Waals surface area contributed by atoms with E-state index in [1.807, 2.05) is 6.92 Å². The van der Waals surface area contributed by atoms with Gasteiger partial charge in [0.25, 0.3) is 0 Å². The Balaban J connectivity index is 2.52. The Morgan fingerprint density at radius 1 is 1.29 bits per heavy atom. The van der Waals surface area contributed by atoms with Crippen LogP contribution in [-0.4, -0.2) is 17.8 Å². The topological polar surface area (TPSA) is 32.3 Å². The van der Waals surface area contributed by atoms with Crippen LogP contribution in [0.25, 0.3) is 0 Å². The summed E-state index contributed by atoms with van der Waals surface area (Å²) in [6.07, 6.45) is -0.363. The number of aliphatic hydroxyl groups excluding tert-OH is 1. The van der Waals surface area contributed by atoms with Crippen LogP contribution < -0.4 is 5.32 Å². The molecule has 0 aliphatic heterocycles.